The zero-order valence-corrected chi connectivity index (χ0v) is 14.8. The molecule has 114 valence electrons. The zero-order chi connectivity index (χ0) is 15.4. The monoisotopic (exact) mass is 389 g/mol. The molecule has 21 heavy (non-hydrogen) atoms. The Hall–Kier alpha value is -0.630. The zero-order valence-electron chi connectivity index (χ0n) is 11.5. The maximum Gasteiger partial charge on any atom is 0.179 e. The third-order valence-corrected chi connectivity index (χ3v) is 5.21. The lowest BCUT2D eigenvalue weighted by atomic mass is 10.1. The van der Waals surface area contributed by atoms with E-state index in [-0.39, 0.29) is 16.8 Å². The highest BCUT2D eigenvalue weighted by Gasteiger charge is 2.23. The summed E-state index contributed by atoms with van der Waals surface area (Å²) in [7, 11) is 0. The first-order valence-corrected chi connectivity index (χ1v) is 8.63. The van der Waals surface area contributed by atoms with E-state index in [0.29, 0.717) is 23.1 Å². The molecule has 1 saturated heterocycles. The van der Waals surface area contributed by atoms with Crippen molar-refractivity contribution in [3.05, 3.63) is 28.2 Å². The van der Waals surface area contributed by atoms with E-state index in [1.54, 1.807) is 19.1 Å². The van der Waals surface area contributed by atoms with E-state index in [9.17, 15) is 9.90 Å². The highest BCUT2D eigenvalue weighted by Crippen LogP contribution is 2.27. The molecular formula is C14H16BrNO3S2. The lowest BCUT2D eigenvalue weighted by Crippen LogP contribution is -2.39. The van der Waals surface area contributed by atoms with E-state index in [1.807, 2.05) is 4.90 Å². The van der Waals surface area contributed by atoms with Crippen molar-refractivity contribution in [1.82, 2.24) is 4.90 Å². The molecule has 1 aromatic rings. The molecule has 0 aliphatic carbocycles. The van der Waals surface area contributed by atoms with Gasteiger partial charge in [0.05, 0.1) is 24.0 Å². The number of nitrogens with zero attached hydrogens (tertiary/aromatic N) is 1. The average molecular weight is 390 g/mol. The molecule has 7 heteroatoms. The number of aromatic hydroxyl groups is 1. The Morgan fingerprint density at radius 2 is 2.14 bits per heavy atom. The SMILES string of the molecule is C[C@H](SC(=S)N1CCOCC1)C(=O)c1cc(Br)ccc1O. The highest BCUT2D eigenvalue weighted by atomic mass is 79.9. The van der Waals surface area contributed by atoms with E-state index in [4.69, 9.17) is 17.0 Å². The van der Waals surface area contributed by atoms with Crippen LogP contribution in [-0.2, 0) is 4.74 Å². The minimum Gasteiger partial charge on any atom is -0.507 e. The molecule has 1 heterocycles. The first kappa shape index (κ1) is 16.7. The Morgan fingerprint density at radius 1 is 1.48 bits per heavy atom. The third-order valence-electron chi connectivity index (χ3n) is 3.14. The van der Waals surface area contributed by atoms with Crippen LogP contribution in [0.4, 0.5) is 0 Å². The Morgan fingerprint density at radius 3 is 2.81 bits per heavy atom. The van der Waals surface area contributed by atoms with Crippen LogP contribution in [0.3, 0.4) is 0 Å². The summed E-state index contributed by atoms with van der Waals surface area (Å²) in [5, 5.41) is 9.48. The summed E-state index contributed by atoms with van der Waals surface area (Å²) in [6.07, 6.45) is 0. The molecule has 1 atom stereocenters. The number of ether oxygens (including phenoxy) is 1. The van der Waals surface area contributed by atoms with Gasteiger partial charge in [-0.05, 0) is 25.1 Å². The molecule has 4 nitrogen and oxygen atoms in total. The minimum atomic E-state index is -0.347. The smallest absolute Gasteiger partial charge is 0.179 e. The van der Waals surface area contributed by atoms with E-state index < -0.39 is 0 Å². The van der Waals surface area contributed by atoms with Gasteiger partial charge in [0.15, 0.2) is 5.78 Å². The molecule has 1 aromatic carbocycles. The van der Waals surface area contributed by atoms with Gasteiger partial charge in [0.2, 0.25) is 0 Å². The van der Waals surface area contributed by atoms with E-state index in [2.05, 4.69) is 15.9 Å². The van der Waals surface area contributed by atoms with Crippen molar-refractivity contribution in [3.8, 4) is 5.75 Å². The molecule has 1 aliphatic heterocycles. The fraction of sp³-hybridized carbons (Fsp3) is 0.429. The lowest BCUT2D eigenvalue weighted by Gasteiger charge is -2.29. The summed E-state index contributed by atoms with van der Waals surface area (Å²) in [4.78, 5) is 14.5. The summed E-state index contributed by atoms with van der Waals surface area (Å²) < 4.78 is 6.75. The number of ketones is 1. The van der Waals surface area contributed by atoms with Crippen LogP contribution in [-0.4, -0.2) is 51.7 Å². The van der Waals surface area contributed by atoms with Crippen molar-refractivity contribution in [2.75, 3.05) is 26.3 Å². The van der Waals surface area contributed by atoms with Crippen molar-refractivity contribution in [2.45, 2.75) is 12.2 Å². The van der Waals surface area contributed by atoms with Crippen LogP contribution in [0.5, 0.6) is 5.75 Å². The van der Waals surface area contributed by atoms with Crippen LogP contribution in [0.15, 0.2) is 22.7 Å². The Labute approximate surface area is 142 Å². The number of carbonyl (C=O) groups excluding carboxylic acids is 1. The molecule has 0 amide bonds. The summed E-state index contributed by atoms with van der Waals surface area (Å²) >= 11 is 10.0. The molecule has 0 unspecified atom stereocenters. The second kappa shape index (κ2) is 7.58. The van der Waals surface area contributed by atoms with Crippen molar-refractivity contribution in [3.63, 3.8) is 0 Å². The standard InChI is InChI=1S/C14H16BrNO3S2/c1-9(21-14(20)16-4-6-19-7-5-16)13(18)11-8-10(15)2-3-12(11)17/h2-3,8-9,17H,4-7H2,1H3/t9-/m0/s1. The lowest BCUT2D eigenvalue weighted by molar-refractivity contribution is 0.0702. The molecule has 0 saturated carbocycles. The number of thiocarbonyl (C=S) groups is 1. The number of carbonyl (C=O) groups is 1. The van der Waals surface area contributed by atoms with Crippen LogP contribution in [0.2, 0.25) is 0 Å². The van der Waals surface area contributed by atoms with E-state index >= 15 is 0 Å². The van der Waals surface area contributed by atoms with Gasteiger partial charge in [0, 0.05) is 17.6 Å². The van der Waals surface area contributed by atoms with Gasteiger partial charge in [-0.2, -0.15) is 0 Å². The summed E-state index contributed by atoms with van der Waals surface area (Å²) in [6.45, 7) is 4.65. The summed E-state index contributed by atoms with van der Waals surface area (Å²) in [5.41, 5.74) is 0.314. The van der Waals surface area contributed by atoms with Crippen molar-refractivity contribution < 1.29 is 14.6 Å². The molecule has 1 N–H and O–H groups in total. The number of Topliss-reactive ketones (excluding diaryl/α,β-unsaturated/α-hetero) is 1. The second-order valence-corrected chi connectivity index (χ2v) is 7.54. The van der Waals surface area contributed by atoms with Crippen molar-refractivity contribution in [1.29, 1.82) is 0 Å². The fourth-order valence-electron chi connectivity index (χ4n) is 1.95. The first-order chi connectivity index (χ1) is 9.99. The topological polar surface area (TPSA) is 49.8 Å². The van der Waals surface area contributed by atoms with Gasteiger partial charge in [-0.1, -0.05) is 39.9 Å². The van der Waals surface area contributed by atoms with Crippen LogP contribution >= 0.6 is 39.9 Å². The number of phenols is 1. The molecule has 0 spiro atoms. The number of phenolic OH excluding ortho intramolecular Hbond substituents is 1. The van der Waals surface area contributed by atoms with Gasteiger partial charge < -0.3 is 14.7 Å². The molecular weight excluding hydrogens is 374 g/mol. The van der Waals surface area contributed by atoms with E-state index in [0.717, 1.165) is 17.6 Å². The highest BCUT2D eigenvalue weighted by molar-refractivity contribution is 9.10. The number of rotatable bonds is 3. The van der Waals surface area contributed by atoms with Crippen molar-refractivity contribution in [2.24, 2.45) is 0 Å². The maximum absolute atomic E-state index is 12.4. The van der Waals surface area contributed by atoms with Crippen molar-refractivity contribution >= 4 is 50.0 Å². The molecule has 0 bridgehead atoms. The van der Waals surface area contributed by atoms with Gasteiger partial charge >= 0.3 is 0 Å². The van der Waals surface area contributed by atoms with Crippen LogP contribution in [0.25, 0.3) is 0 Å². The average Bonchev–Trinajstić information content (AvgIpc) is 2.49. The molecule has 2 rings (SSSR count). The first-order valence-electron chi connectivity index (χ1n) is 6.55. The number of morpholine rings is 1. The number of thioether (sulfide) groups is 1. The minimum absolute atomic E-state index is 0.00654. The maximum atomic E-state index is 12.4. The number of halogens is 1. The molecule has 1 aliphatic rings. The number of benzene rings is 1. The predicted octanol–water partition coefficient (Wildman–Crippen LogP) is 3.08. The van der Waals surface area contributed by atoms with E-state index in [1.165, 1.54) is 17.8 Å². The van der Waals surface area contributed by atoms with Gasteiger partial charge in [-0.25, -0.2) is 0 Å². The molecule has 1 fully saturated rings. The van der Waals surface area contributed by atoms with Gasteiger partial charge in [0.25, 0.3) is 0 Å². The van der Waals surface area contributed by atoms with Gasteiger partial charge in [-0.3, -0.25) is 4.79 Å². The van der Waals surface area contributed by atoms with Crippen LogP contribution < -0.4 is 0 Å². The summed E-state index contributed by atoms with van der Waals surface area (Å²) in [6, 6.07) is 4.84. The van der Waals surface area contributed by atoms with Gasteiger partial charge in [0.1, 0.15) is 10.1 Å². The van der Waals surface area contributed by atoms with Gasteiger partial charge in [-0.15, -0.1) is 0 Å². The third kappa shape index (κ3) is 4.42. The Balaban J connectivity index is 2.02. The summed E-state index contributed by atoms with van der Waals surface area (Å²) in [5.74, 6) is -0.137. The van der Waals surface area contributed by atoms with Crippen LogP contribution in [0.1, 0.15) is 17.3 Å². The fourth-order valence-corrected chi connectivity index (χ4v) is 3.79. The normalized spacial score (nSPS) is 16.6. The number of hydrogen-bond donors (Lipinski definition) is 1. The largest absolute Gasteiger partial charge is 0.507 e. The van der Waals surface area contributed by atoms with Crippen LogP contribution in [0, 0.1) is 0 Å². The predicted molar refractivity (Wildman–Crippen MR) is 92.2 cm³/mol. The second-order valence-electron chi connectivity index (χ2n) is 4.65. The molecule has 0 radical (unpaired) electrons. The Bertz CT molecular complexity index is 547. The molecule has 0 aromatic heterocycles. The Kier molecular flexibility index (Phi) is 6.04. The number of hydrogen-bond acceptors (Lipinski definition) is 5. The quantitative estimate of drug-likeness (QED) is 0.633.